The van der Waals surface area contributed by atoms with Crippen molar-refractivity contribution in [1.82, 2.24) is 24.1 Å². The predicted molar refractivity (Wildman–Crippen MR) is 232 cm³/mol. The summed E-state index contributed by atoms with van der Waals surface area (Å²) < 4.78 is 11.2. The number of aromatic nitrogens is 5. The minimum atomic E-state index is 0.554. The van der Waals surface area contributed by atoms with Crippen LogP contribution in [-0.4, -0.2) is 24.1 Å². The van der Waals surface area contributed by atoms with Crippen molar-refractivity contribution < 1.29 is 4.42 Å². The Morgan fingerprint density at radius 3 is 1.60 bits per heavy atom. The first kappa shape index (κ1) is 31.5. The minimum Gasteiger partial charge on any atom is -0.456 e. The normalized spacial score (nSPS) is 11.9. The number of rotatable bonds is 5. The maximum atomic E-state index is 6.70. The number of furan rings is 1. The van der Waals surface area contributed by atoms with E-state index in [1.165, 1.54) is 21.9 Å². The molecule has 0 amide bonds. The van der Waals surface area contributed by atoms with Gasteiger partial charge in [-0.3, -0.25) is 4.57 Å². The summed E-state index contributed by atoms with van der Waals surface area (Å²) in [5, 5.41) is 6.62. The third-order valence-corrected chi connectivity index (χ3v) is 11.2. The van der Waals surface area contributed by atoms with Crippen LogP contribution in [0.15, 0.2) is 192 Å². The topological polar surface area (TPSA) is 61.7 Å². The Hall–Kier alpha value is -7.83. The van der Waals surface area contributed by atoms with Crippen molar-refractivity contribution in [2.75, 3.05) is 0 Å². The van der Waals surface area contributed by atoms with E-state index in [-0.39, 0.29) is 0 Å². The van der Waals surface area contributed by atoms with E-state index >= 15 is 0 Å². The van der Waals surface area contributed by atoms with Gasteiger partial charge in [-0.15, -0.1) is 0 Å². The van der Waals surface area contributed by atoms with Crippen molar-refractivity contribution in [3.63, 3.8) is 0 Å². The van der Waals surface area contributed by atoms with E-state index in [1.54, 1.807) is 0 Å². The van der Waals surface area contributed by atoms with Gasteiger partial charge < -0.3 is 8.98 Å². The highest BCUT2D eigenvalue weighted by Gasteiger charge is 2.23. The second kappa shape index (κ2) is 12.3. The number of hydrogen-bond donors (Lipinski definition) is 0. The van der Waals surface area contributed by atoms with Gasteiger partial charge in [-0.05, 0) is 59.7 Å². The van der Waals surface area contributed by atoms with E-state index < -0.39 is 0 Å². The molecule has 0 aliphatic carbocycles. The molecule has 0 aliphatic rings. The monoisotopic (exact) mass is 729 g/mol. The van der Waals surface area contributed by atoms with Crippen LogP contribution in [0.4, 0.5) is 0 Å². The Kier molecular flexibility index (Phi) is 6.83. The van der Waals surface area contributed by atoms with Gasteiger partial charge in [0.2, 0.25) is 5.95 Å². The summed E-state index contributed by atoms with van der Waals surface area (Å²) in [6, 6.07) is 65.5. The van der Waals surface area contributed by atoms with Gasteiger partial charge in [-0.1, -0.05) is 140 Å². The van der Waals surface area contributed by atoms with Crippen LogP contribution >= 0.6 is 0 Å². The number of para-hydroxylation sites is 3. The lowest BCUT2D eigenvalue weighted by molar-refractivity contribution is 0.669. The van der Waals surface area contributed by atoms with E-state index in [1.807, 2.05) is 42.5 Å². The molecule has 0 fully saturated rings. The van der Waals surface area contributed by atoms with Gasteiger partial charge in [0.15, 0.2) is 11.6 Å². The number of hydrogen-bond acceptors (Lipinski definition) is 4. The van der Waals surface area contributed by atoms with Gasteiger partial charge in [-0.2, -0.15) is 9.97 Å². The number of benzene rings is 8. The van der Waals surface area contributed by atoms with Crippen molar-refractivity contribution in [1.29, 1.82) is 0 Å². The fourth-order valence-electron chi connectivity index (χ4n) is 8.70. The van der Waals surface area contributed by atoms with Crippen molar-refractivity contribution >= 4 is 65.6 Å². The summed E-state index contributed by atoms with van der Waals surface area (Å²) in [5.74, 6) is 1.72. The number of fused-ring (bicyclic) bond motifs is 9. The average Bonchev–Trinajstić information content (AvgIpc) is 3.95. The van der Waals surface area contributed by atoms with Gasteiger partial charge >= 0.3 is 0 Å². The van der Waals surface area contributed by atoms with Crippen molar-refractivity contribution in [3.05, 3.63) is 188 Å². The highest BCUT2D eigenvalue weighted by molar-refractivity contribution is 6.18. The Labute approximate surface area is 326 Å². The summed E-state index contributed by atoms with van der Waals surface area (Å²) in [4.78, 5) is 15.7. The van der Waals surface area contributed by atoms with E-state index in [0.29, 0.717) is 17.6 Å². The molecule has 0 saturated carbocycles. The molecule has 0 saturated heterocycles. The molecule has 12 aromatic rings. The third-order valence-electron chi connectivity index (χ3n) is 11.2. The smallest absolute Gasteiger partial charge is 0.238 e. The van der Waals surface area contributed by atoms with Gasteiger partial charge in [0.1, 0.15) is 11.2 Å². The fraction of sp³-hybridized carbons (Fsp3) is 0. The molecule has 0 atom stereocenters. The highest BCUT2D eigenvalue weighted by Crippen LogP contribution is 2.43. The first-order valence-corrected chi connectivity index (χ1v) is 19.1. The molecular weight excluding hydrogens is 699 g/mol. The summed E-state index contributed by atoms with van der Waals surface area (Å²) >= 11 is 0. The van der Waals surface area contributed by atoms with Crippen LogP contribution in [0, 0.1) is 0 Å². The van der Waals surface area contributed by atoms with E-state index in [9.17, 15) is 0 Å². The number of nitrogens with zero attached hydrogens (tertiary/aromatic N) is 5. The molecule has 57 heavy (non-hydrogen) atoms. The molecule has 266 valence electrons. The van der Waals surface area contributed by atoms with Gasteiger partial charge in [0.05, 0.1) is 33.1 Å². The summed E-state index contributed by atoms with van der Waals surface area (Å²) in [6.07, 6.45) is 0. The van der Waals surface area contributed by atoms with E-state index in [0.717, 1.165) is 71.6 Å². The SMILES string of the molecule is c1ccc(-c2ccc3c(c2)c2ccccc2n3-c2cccc3oc4cccc(-c5nc(-c6ccccc6)nc(-n6c7ccccc7c7ccccc76)n5)c4c23)cc1. The molecule has 0 bridgehead atoms. The van der Waals surface area contributed by atoms with E-state index in [2.05, 4.69) is 155 Å². The Morgan fingerprint density at radius 2 is 0.895 bits per heavy atom. The first-order chi connectivity index (χ1) is 28.3. The second-order valence-electron chi connectivity index (χ2n) is 14.4. The molecule has 4 aromatic heterocycles. The van der Waals surface area contributed by atoms with Crippen LogP contribution < -0.4 is 0 Å². The molecule has 0 aliphatic heterocycles. The van der Waals surface area contributed by atoms with Gasteiger partial charge in [0.25, 0.3) is 0 Å². The van der Waals surface area contributed by atoms with Gasteiger partial charge in [-0.25, -0.2) is 4.98 Å². The highest BCUT2D eigenvalue weighted by atomic mass is 16.3. The lowest BCUT2D eigenvalue weighted by atomic mass is 10.0. The second-order valence-corrected chi connectivity index (χ2v) is 14.4. The van der Waals surface area contributed by atoms with Crippen LogP contribution in [-0.2, 0) is 0 Å². The molecule has 12 rings (SSSR count). The molecule has 6 heteroatoms. The van der Waals surface area contributed by atoms with Crippen molar-refractivity contribution in [2.45, 2.75) is 0 Å². The molecule has 0 N–H and O–H groups in total. The zero-order valence-electron chi connectivity index (χ0n) is 30.5. The minimum absolute atomic E-state index is 0.554. The molecule has 8 aromatic carbocycles. The molecule has 0 spiro atoms. The van der Waals surface area contributed by atoms with Gasteiger partial charge in [0, 0.05) is 38.1 Å². The van der Waals surface area contributed by atoms with Crippen LogP contribution in [0.2, 0.25) is 0 Å². The Morgan fingerprint density at radius 1 is 0.351 bits per heavy atom. The molecular formula is C51H31N5O. The van der Waals surface area contributed by atoms with E-state index in [4.69, 9.17) is 19.4 Å². The zero-order valence-corrected chi connectivity index (χ0v) is 30.5. The first-order valence-electron chi connectivity index (χ1n) is 19.1. The Balaban J connectivity index is 1.15. The van der Waals surface area contributed by atoms with Crippen LogP contribution in [0.1, 0.15) is 0 Å². The summed E-state index contributed by atoms with van der Waals surface area (Å²) in [7, 11) is 0. The Bertz CT molecular complexity index is 3470. The summed E-state index contributed by atoms with van der Waals surface area (Å²) in [6.45, 7) is 0. The largest absolute Gasteiger partial charge is 0.456 e. The molecule has 0 radical (unpaired) electrons. The summed E-state index contributed by atoms with van der Waals surface area (Å²) in [5.41, 5.74) is 11.0. The maximum Gasteiger partial charge on any atom is 0.238 e. The van der Waals surface area contributed by atoms with Crippen LogP contribution in [0.25, 0.3) is 111 Å². The maximum absolute atomic E-state index is 6.70. The van der Waals surface area contributed by atoms with Crippen molar-refractivity contribution in [3.8, 4) is 45.5 Å². The molecule has 4 heterocycles. The molecule has 0 unspecified atom stereocenters. The lowest BCUT2D eigenvalue weighted by Gasteiger charge is -2.13. The average molecular weight is 730 g/mol. The lowest BCUT2D eigenvalue weighted by Crippen LogP contribution is -2.06. The predicted octanol–water partition coefficient (Wildman–Crippen LogP) is 13.0. The third kappa shape index (κ3) is 4.81. The standard InChI is InChI=1S/C51H31N5O/c1-3-15-32(16-4-1)34-29-30-43-39(31-34)37-21-9-10-23-40(37)55(43)44-26-14-28-46-48(44)47-38(22-13-27-45(47)57-46)50-52-49(33-17-5-2-6-18-33)53-51(54-50)56-41-24-11-7-19-35(41)36-20-8-12-25-42(36)56/h1-31H. The van der Waals surface area contributed by atoms with Crippen molar-refractivity contribution in [2.24, 2.45) is 0 Å². The fourth-order valence-corrected chi connectivity index (χ4v) is 8.70. The zero-order chi connectivity index (χ0) is 37.5. The van der Waals surface area contributed by atoms with Crippen LogP contribution in [0.3, 0.4) is 0 Å². The van der Waals surface area contributed by atoms with Crippen LogP contribution in [0.5, 0.6) is 0 Å². The molecule has 6 nitrogen and oxygen atoms in total. The quantitative estimate of drug-likeness (QED) is 0.177.